The van der Waals surface area contributed by atoms with Gasteiger partial charge in [0.25, 0.3) is 5.91 Å². The van der Waals surface area contributed by atoms with E-state index >= 15 is 0 Å². The van der Waals surface area contributed by atoms with Crippen LogP contribution in [0.15, 0.2) is 23.3 Å². The maximum atomic E-state index is 13.5. The second-order valence-corrected chi connectivity index (χ2v) is 3.90. The lowest BCUT2D eigenvalue weighted by Crippen LogP contribution is -2.27. The fraction of sp³-hybridized carbons (Fsp3) is 0.250. The van der Waals surface area contributed by atoms with E-state index in [2.05, 4.69) is 5.10 Å². The molecule has 0 saturated heterocycles. The van der Waals surface area contributed by atoms with Crippen molar-refractivity contribution in [3.63, 3.8) is 0 Å². The summed E-state index contributed by atoms with van der Waals surface area (Å²) in [4.78, 5) is 11.9. The molecule has 1 aliphatic rings. The van der Waals surface area contributed by atoms with Crippen molar-refractivity contribution in [2.75, 3.05) is 5.01 Å². The number of benzene rings is 1. The highest BCUT2D eigenvalue weighted by Gasteiger charge is 2.35. The van der Waals surface area contributed by atoms with Crippen molar-refractivity contribution in [1.82, 2.24) is 0 Å². The van der Waals surface area contributed by atoms with E-state index in [4.69, 9.17) is 5.26 Å². The van der Waals surface area contributed by atoms with E-state index in [-0.39, 0.29) is 12.1 Å². The minimum atomic E-state index is -0.863. The zero-order valence-corrected chi connectivity index (χ0v) is 9.52. The van der Waals surface area contributed by atoms with Gasteiger partial charge in [-0.2, -0.15) is 15.4 Å². The van der Waals surface area contributed by atoms with Gasteiger partial charge < -0.3 is 0 Å². The van der Waals surface area contributed by atoms with Crippen LogP contribution in [0.2, 0.25) is 0 Å². The Morgan fingerprint density at radius 2 is 2.22 bits per heavy atom. The Labute approximate surface area is 102 Å². The normalized spacial score (nSPS) is 18.8. The Hall–Kier alpha value is -2.29. The third-order valence-corrected chi connectivity index (χ3v) is 2.70. The predicted molar refractivity (Wildman–Crippen MR) is 60.7 cm³/mol. The summed E-state index contributed by atoms with van der Waals surface area (Å²) < 4.78 is 26.3. The molecule has 0 aromatic heterocycles. The summed E-state index contributed by atoms with van der Waals surface area (Å²) in [5.41, 5.74) is 0.339. The first-order valence-corrected chi connectivity index (χ1v) is 5.25. The molecular formula is C12H9F2N3O. The molecule has 0 spiro atoms. The Balaban J connectivity index is 2.36. The van der Waals surface area contributed by atoms with Crippen LogP contribution in [0.25, 0.3) is 0 Å². The van der Waals surface area contributed by atoms with Gasteiger partial charge in [-0.15, -0.1) is 0 Å². The summed E-state index contributed by atoms with van der Waals surface area (Å²) in [5, 5.41) is 13.4. The van der Waals surface area contributed by atoms with E-state index in [1.807, 2.05) is 6.07 Å². The molecule has 0 aliphatic carbocycles. The van der Waals surface area contributed by atoms with Crippen LogP contribution >= 0.6 is 0 Å². The number of nitriles is 1. The monoisotopic (exact) mass is 249 g/mol. The molecule has 92 valence electrons. The third kappa shape index (κ3) is 1.95. The quantitative estimate of drug-likeness (QED) is 0.806. The summed E-state index contributed by atoms with van der Waals surface area (Å²) in [7, 11) is 0. The van der Waals surface area contributed by atoms with Crippen LogP contribution in [-0.4, -0.2) is 11.6 Å². The highest BCUT2D eigenvalue weighted by Crippen LogP contribution is 2.27. The molecule has 1 aliphatic heterocycles. The van der Waals surface area contributed by atoms with E-state index in [0.29, 0.717) is 11.8 Å². The van der Waals surface area contributed by atoms with Crippen molar-refractivity contribution in [2.24, 2.45) is 11.0 Å². The summed E-state index contributed by atoms with van der Waals surface area (Å²) >= 11 is 0. The molecule has 0 radical (unpaired) electrons. The highest BCUT2D eigenvalue weighted by atomic mass is 19.1. The molecule has 1 heterocycles. The second-order valence-electron chi connectivity index (χ2n) is 3.90. The van der Waals surface area contributed by atoms with Crippen LogP contribution in [0.3, 0.4) is 0 Å². The largest absolute Gasteiger partial charge is 0.272 e. The Bertz CT molecular complexity index is 577. The van der Waals surface area contributed by atoms with Gasteiger partial charge in [-0.25, -0.2) is 8.78 Å². The number of hydrazone groups is 1. The van der Waals surface area contributed by atoms with E-state index < -0.39 is 23.5 Å². The fourth-order valence-electron chi connectivity index (χ4n) is 1.75. The Kier molecular flexibility index (Phi) is 3.06. The lowest BCUT2D eigenvalue weighted by molar-refractivity contribution is -0.119. The molecule has 0 N–H and O–H groups in total. The molecule has 18 heavy (non-hydrogen) atoms. The minimum absolute atomic E-state index is 0.00647. The van der Waals surface area contributed by atoms with Crippen molar-refractivity contribution >= 4 is 17.3 Å². The number of hydrogen-bond acceptors (Lipinski definition) is 3. The second kappa shape index (κ2) is 4.53. The SMILES string of the molecule is CC1=NN(c2ccc(F)cc2F)C(=O)C1CC#N. The maximum absolute atomic E-state index is 13.5. The third-order valence-electron chi connectivity index (χ3n) is 2.70. The summed E-state index contributed by atoms with van der Waals surface area (Å²) in [5.74, 6) is -2.71. The van der Waals surface area contributed by atoms with Gasteiger partial charge in [0.2, 0.25) is 0 Å². The first-order chi connectivity index (χ1) is 8.54. The molecule has 1 amide bonds. The first kappa shape index (κ1) is 12.2. The first-order valence-electron chi connectivity index (χ1n) is 5.25. The molecule has 1 atom stereocenters. The molecule has 1 aromatic rings. The number of halogens is 2. The number of carbonyl (C=O) groups excluding carboxylic acids is 1. The smallest absolute Gasteiger partial charge is 0.257 e. The molecule has 1 unspecified atom stereocenters. The predicted octanol–water partition coefficient (Wildman–Crippen LogP) is 2.22. The molecule has 0 fully saturated rings. The number of nitrogens with zero attached hydrogens (tertiary/aromatic N) is 3. The van der Waals surface area contributed by atoms with Crippen LogP contribution < -0.4 is 5.01 Å². The van der Waals surface area contributed by atoms with Gasteiger partial charge in [-0.3, -0.25) is 4.79 Å². The van der Waals surface area contributed by atoms with Gasteiger partial charge in [0, 0.05) is 11.8 Å². The van der Waals surface area contributed by atoms with Crippen molar-refractivity contribution in [3.8, 4) is 6.07 Å². The van der Waals surface area contributed by atoms with Gasteiger partial charge in [0.15, 0.2) is 5.82 Å². The summed E-state index contributed by atoms with van der Waals surface area (Å²) in [6.45, 7) is 1.60. The van der Waals surface area contributed by atoms with Crippen molar-refractivity contribution in [1.29, 1.82) is 5.26 Å². The zero-order valence-electron chi connectivity index (χ0n) is 9.52. The van der Waals surface area contributed by atoms with Crippen LogP contribution in [0.1, 0.15) is 13.3 Å². The average molecular weight is 249 g/mol. The van der Waals surface area contributed by atoms with E-state index in [1.165, 1.54) is 0 Å². The van der Waals surface area contributed by atoms with Gasteiger partial charge in [0.05, 0.1) is 18.4 Å². The maximum Gasteiger partial charge on any atom is 0.257 e. The Morgan fingerprint density at radius 1 is 1.50 bits per heavy atom. The topological polar surface area (TPSA) is 56.5 Å². The van der Waals surface area contributed by atoms with Crippen molar-refractivity contribution in [2.45, 2.75) is 13.3 Å². The number of amides is 1. The fourth-order valence-corrected chi connectivity index (χ4v) is 1.75. The minimum Gasteiger partial charge on any atom is -0.272 e. The van der Waals surface area contributed by atoms with Crippen LogP contribution in [0.5, 0.6) is 0 Å². The standard InChI is InChI=1S/C12H9F2N3O/c1-7-9(4-5-15)12(18)17(16-7)11-3-2-8(13)6-10(11)14/h2-3,6,9H,4H2,1H3. The van der Waals surface area contributed by atoms with Gasteiger partial charge in [-0.05, 0) is 19.1 Å². The number of carbonyl (C=O) groups is 1. The lowest BCUT2D eigenvalue weighted by Gasteiger charge is -2.13. The molecule has 0 bridgehead atoms. The number of rotatable bonds is 2. The highest BCUT2D eigenvalue weighted by molar-refractivity contribution is 6.14. The molecule has 1 aromatic carbocycles. The molecule has 2 rings (SSSR count). The van der Waals surface area contributed by atoms with Crippen molar-refractivity contribution in [3.05, 3.63) is 29.8 Å². The molecule has 4 nitrogen and oxygen atoms in total. The summed E-state index contributed by atoms with van der Waals surface area (Å²) in [6, 6.07) is 4.77. The zero-order chi connectivity index (χ0) is 13.3. The molecular weight excluding hydrogens is 240 g/mol. The van der Waals surface area contributed by atoms with Gasteiger partial charge in [-0.1, -0.05) is 0 Å². The van der Waals surface area contributed by atoms with Gasteiger partial charge in [0.1, 0.15) is 11.5 Å². The summed E-state index contributed by atoms with van der Waals surface area (Å²) in [6.07, 6.45) is -0.00647. The number of hydrogen-bond donors (Lipinski definition) is 0. The van der Waals surface area contributed by atoms with E-state index in [9.17, 15) is 13.6 Å². The molecule has 6 heteroatoms. The van der Waals surface area contributed by atoms with E-state index in [0.717, 1.165) is 17.1 Å². The van der Waals surface area contributed by atoms with Crippen LogP contribution in [0.4, 0.5) is 14.5 Å². The van der Waals surface area contributed by atoms with Gasteiger partial charge >= 0.3 is 0 Å². The lowest BCUT2D eigenvalue weighted by atomic mass is 10.0. The Morgan fingerprint density at radius 3 is 2.83 bits per heavy atom. The van der Waals surface area contributed by atoms with Crippen molar-refractivity contribution < 1.29 is 13.6 Å². The number of anilines is 1. The average Bonchev–Trinajstić information content (AvgIpc) is 2.58. The van der Waals surface area contributed by atoms with Crippen LogP contribution in [-0.2, 0) is 4.79 Å². The van der Waals surface area contributed by atoms with E-state index in [1.54, 1.807) is 6.92 Å². The molecule has 0 saturated carbocycles. The van der Waals surface area contributed by atoms with Crippen LogP contribution in [0, 0.1) is 28.9 Å².